The number of hydrogen-bond donors (Lipinski definition) is 1. The summed E-state index contributed by atoms with van der Waals surface area (Å²) in [6, 6.07) is 6.92. The first kappa shape index (κ1) is 18.1. The van der Waals surface area contributed by atoms with Gasteiger partial charge in [0, 0.05) is 25.5 Å². The number of fused-ring (bicyclic) bond motifs is 1. The van der Waals surface area contributed by atoms with E-state index in [1.165, 1.54) is 6.42 Å². The van der Waals surface area contributed by atoms with E-state index in [2.05, 4.69) is 30.2 Å². The van der Waals surface area contributed by atoms with Crippen LogP contribution in [0, 0.1) is 6.92 Å². The van der Waals surface area contributed by atoms with Gasteiger partial charge in [0.2, 0.25) is 11.7 Å². The topological polar surface area (TPSA) is 108 Å². The number of benzene rings is 1. The number of rotatable bonds is 6. The lowest BCUT2D eigenvalue weighted by atomic mass is 10.2. The zero-order chi connectivity index (χ0) is 19.3. The lowest BCUT2D eigenvalue weighted by Crippen LogP contribution is -2.25. The van der Waals surface area contributed by atoms with E-state index in [-0.39, 0.29) is 12.5 Å². The molecule has 0 bridgehead atoms. The van der Waals surface area contributed by atoms with Crippen molar-refractivity contribution in [1.29, 1.82) is 0 Å². The van der Waals surface area contributed by atoms with Crippen molar-refractivity contribution >= 4 is 5.91 Å². The molecule has 1 N–H and O–H groups in total. The van der Waals surface area contributed by atoms with Crippen LogP contribution in [0.4, 0.5) is 0 Å². The molecule has 0 radical (unpaired) electrons. The molecule has 1 aromatic carbocycles. The number of aryl methyl sites for hydroxylation is 2. The molecule has 9 nitrogen and oxygen atoms in total. The molecule has 0 atom stereocenters. The van der Waals surface area contributed by atoms with Crippen molar-refractivity contribution < 1.29 is 14.1 Å². The lowest BCUT2D eigenvalue weighted by Gasteiger charge is -2.09. The fourth-order valence-electron chi connectivity index (χ4n) is 3.19. The first-order valence-corrected chi connectivity index (χ1v) is 9.40. The second kappa shape index (κ2) is 8.20. The maximum atomic E-state index is 12.4. The van der Waals surface area contributed by atoms with Crippen LogP contribution in [0.15, 0.2) is 28.8 Å². The smallest absolute Gasteiger partial charge is 0.251 e. The van der Waals surface area contributed by atoms with Crippen molar-refractivity contribution in [3.8, 4) is 5.75 Å². The van der Waals surface area contributed by atoms with Crippen molar-refractivity contribution in [1.82, 2.24) is 30.2 Å². The Morgan fingerprint density at radius 1 is 1.21 bits per heavy atom. The van der Waals surface area contributed by atoms with Crippen LogP contribution in [-0.4, -0.2) is 30.8 Å². The molecule has 146 valence electrons. The van der Waals surface area contributed by atoms with E-state index in [9.17, 15) is 4.79 Å². The van der Waals surface area contributed by atoms with Crippen LogP contribution < -0.4 is 10.1 Å². The molecule has 0 saturated heterocycles. The maximum absolute atomic E-state index is 12.4. The average Bonchev–Trinajstić information content (AvgIpc) is 3.23. The van der Waals surface area contributed by atoms with Crippen LogP contribution >= 0.6 is 0 Å². The number of carbonyl (C=O) groups is 1. The summed E-state index contributed by atoms with van der Waals surface area (Å²) >= 11 is 0. The van der Waals surface area contributed by atoms with Gasteiger partial charge in [-0.05, 0) is 37.1 Å². The molecule has 1 aliphatic rings. The monoisotopic (exact) mass is 382 g/mol. The molecule has 0 spiro atoms. The molecule has 4 rings (SSSR count). The maximum Gasteiger partial charge on any atom is 0.251 e. The fraction of sp³-hybridized carbons (Fsp3) is 0.421. The zero-order valence-electron chi connectivity index (χ0n) is 15.7. The highest BCUT2D eigenvalue weighted by Gasteiger charge is 2.15. The second-order valence-corrected chi connectivity index (χ2v) is 6.72. The highest BCUT2D eigenvalue weighted by atomic mass is 16.5. The first-order valence-electron chi connectivity index (χ1n) is 9.40. The van der Waals surface area contributed by atoms with E-state index in [0.717, 1.165) is 37.5 Å². The van der Waals surface area contributed by atoms with Crippen LogP contribution in [0.5, 0.6) is 5.75 Å². The van der Waals surface area contributed by atoms with Gasteiger partial charge in [-0.2, -0.15) is 4.98 Å². The number of carbonyl (C=O) groups excluding carboxylic acids is 1. The molecule has 0 unspecified atom stereocenters. The molecular weight excluding hydrogens is 360 g/mol. The van der Waals surface area contributed by atoms with Gasteiger partial charge < -0.3 is 19.1 Å². The zero-order valence-corrected chi connectivity index (χ0v) is 15.7. The Hall–Kier alpha value is -3.23. The van der Waals surface area contributed by atoms with Gasteiger partial charge in [0.15, 0.2) is 12.4 Å². The Bertz CT molecular complexity index is 947. The van der Waals surface area contributed by atoms with Crippen LogP contribution in [-0.2, 0) is 26.1 Å². The predicted molar refractivity (Wildman–Crippen MR) is 98.6 cm³/mol. The standard InChI is InChI=1S/C19H22N6O3/c1-13-21-16(24-28-13)12-27-15-8-6-14(7-9-15)19(26)20-11-18-23-22-17-5-3-2-4-10-25(17)18/h6-9H,2-5,10-12H2,1H3,(H,20,26). The number of nitrogens with zero attached hydrogens (tertiary/aromatic N) is 5. The largest absolute Gasteiger partial charge is 0.485 e. The van der Waals surface area contributed by atoms with Crippen molar-refractivity contribution in [3.05, 3.63) is 53.2 Å². The van der Waals surface area contributed by atoms with Crippen molar-refractivity contribution in [2.24, 2.45) is 0 Å². The van der Waals surface area contributed by atoms with Gasteiger partial charge in [-0.1, -0.05) is 11.6 Å². The third kappa shape index (κ3) is 4.19. The predicted octanol–water partition coefficient (Wildman–Crippen LogP) is 2.20. The minimum atomic E-state index is -0.161. The SMILES string of the molecule is Cc1nc(COc2ccc(C(=O)NCc3nnc4n3CCCCC4)cc2)no1. The molecule has 0 fully saturated rings. The minimum Gasteiger partial charge on any atom is -0.485 e. The summed E-state index contributed by atoms with van der Waals surface area (Å²) < 4.78 is 12.6. The summed E-state index contributed by atoms with van der Waals surface area (Å²) in [5, 5.41) is 15.2. The molecule has 2 aromatic heterocycles. The summed E-state index contributed by atoms with van der Waals surface area (Å²) in [6.07, 6.45) is 4.42. The number of amides is 1. The van der Waals surface area contributed by atoms with E-state index in [1.807, 2.05) is 0 Å². The van der Waals surface area contributed by atoms with E-state index in [0.29, 0.717) is 29.6 Å². The molecule has 3 heterocycles. The van der Waals surface area contributed by atoms with Gasteiger partial charge in [-0.25, -0.2) is 0 Å². The highest BCUT2D eigenvalue weighted by molar-refractivity contribution is 5.94. The Morgan fingerprint density at radius 3 is 2.86 bits per heavy atom. The van der Waals surface area contributed by atoms with Gasteiger partial charge in [-0.3, -0.25) is 4.79 Å². The lowest BCUT2D eigenvalue weighted by molar-refractivity contribution is 0.0949. The summed E-state index contributed by atoms with van der Waals surface area (Å²) in [7, 11) is 0. The van der Waals surface area contributed by atoms with Gasteiger partial charge >= 0.3 is 0 Å². The molecule has 1 amide bonds. The number of nitrogens with one attached hydrogen (secondary N) is 1. The van der Waals surface area contributed by atoms with Gasteiger partial charge in [0.25, 0.3) is 5.91 Å². The second-order valence-electron chi connectivity index (χ2n) is 6.72. The molecule has 9 heteroatoms. The summed E-state index contributed by atoms with van der Waals surface area (Å²) in [5.41, 5.74) is 0.554. The molecule has 28 heavy (non-hydrogen) atoms. The third-order valence-electron chi connectivity index (χ3n) is 4.65. The van der Waals surface area contributed by atoms with Crippen LogP contribution in [0.25, 0.3) is 0 Å². The van der Waals surface area contributed by atoms with E-state index < -0.39 is 0 Å². The highest BCUT2D eigenvalue weighted by Crippen LogP contribution is 2.16. The van der Waals surface area contributed by atoms with Gasteiger partial charge in [0.1, 0.15) is 11.6 Å². The summed E-state index contributed by atoms with van der Waals surface area (Å²) in [5.74, 6) is 3.26. The fourth-order valence-corrected chi connectivity index (χ4v) is 3.19. The number of hydrogen-bond acceptors (Lipinski definition) is 7. The first-order chi connectivity index (χ1) is 13.7. The average molecular weight is 382 g/mol. The Labute approximate surface area is 162 Å². The summed E-state index contributed by atoms with van der Waals surface area (Å²) in [4.78, 5) is 16.5. The van der Waals surface area contributed by atoms with E-state index in [4.69, 9.17) is 9.26 Å². The molecular formula is C19H22N6O3. The van der Waals surface area contributed by atoms with Crippen molar-refractivity contribution in [2.75, 3.05) is 0 Å². The Kier molecular flexibility index (Phi) is 5.31. The minimum absolute atomic E-state index is 0.161. The van der Waals surface area contributed by atoms with Crippen LogP contribution in [0.1, 0.15) is 53.0 Å². The van der Waals surface area contributed by atoms with Gasteiger partial charge in [-0.15, -0.1) is 10.2 Å². The molecule has 3 aromatic rings. The van der Waals surface area contributed by atoms with E-state index in [1.54, 1.807) is 31.2 Å². The Balaban J connectivity index is 1.32. The van der Waals surface area contributed by atoms with Crippen LogP contribution in [0.3, 0.4) is 0 Å². The molecule has 0 aliphatic carbocycles. The molecule has 1 aliphatic heterocycles. The number of aromatic nitrogens is 5. The van der Waals surface area contributed by atoms with Crippen molar-refractivity contribution in [3.63, 3.8) is 0 Å². The quantitative estimate of drug-likeness (QED) is 0.696. The molecule has 0 saturated carbocycles. The van der Waals surface area contributed by atoms with Gasteiger partial charge in [0.05, 0.1) is 6.54 Å². The van der Waals surface area contributed by atoms with E-state index >= 15 is 0 Å². The van der Waals surface area contributed by atoms with Crippen molar-refractivity contribution in [2.45, 2.75) is 52.3 Å². The third-order valence-corrected chi connectivity index (χ3v) is 4.65. The summed E-state index contributed by atoms with van der Waals surface area (Å²) in [6.45, 7) is 3.21. The Morgan fingerprint density at radius 2 is 2.07 bits per heavy atom. The van der Waals surface area contributed by atoms with Crippen LogP contribution in [0.2, 0.25) is 0 Å². The normalized spacial score (nSPS) is 13.6. The number of ether oxygens (including phenoxy) is 1.